The average Bonchev–Trinajstić information content (AvgIpc) is 3.06. The molecular weight excluding hydrogens is 382 g/mol. The summed E-state index contributed by atoms with van der Waals surface area (Å²) < 4.78 is 24.3. The number of sulfone groups is 1. The van der Waals surface area contributed by atoms with E-state index in [2.05, 4.69) is 4.99 Å². The largest absolute Gasteiger partial charge is 0.378 e. The van der Waals surface area contributed by atoms with Gasteiger partial charge in [-0.15, -0.1) is 0 Å². The van der Waals surface area contributed by atoms with E-state index in [9.17, 15) is 13.2 Å². The standard InChI is InChI=1S/C19H27N3O3S2/c1-5-13(6-2)18(23)20-19-22(15-9-7-14(8-10-15)21(3)4)16-11-27(24,25)12-17(16)26-19/h7-10,13,16-17H,5-6,11-12H2,1-4H3/t16-,17-/m0/s1. The fourth-order valence-electron chi connectivity index (χ4n) is 3.60. The molecule has 148 valence electrons. The molecule has 0 aromatic heterocycles. The number of carbonyl (C=O) groups excluding carboxylic acids is 1. The summed E-state index contributed by atoms with van der Waals surface area (Å²) in [5.74, 6) is 0.0611. The first-order valence-electron chi connectivity index (χ1n) is 9.32. The lowest BCUT2D eigenvalue weighted by Gasteiger charge is -2.25. The summed E-state index contributed by atoms with van der Waals surface area (Å²) in [6, 6.07) is 7.77. The summed E-state index contributed by atoms with van der Waals surface area (Å²) in [6.07, 6.45) is 1.52. The second-order valence-corrected chi connectivity index (χ2v) is 10.7. The predicted molar refractivity (Wildman–Crippen MR) is 114 cm³/mol. The van der Waals surface area contributed by atoms with Gasteiger partial charge in [0, 0.05) is 36.6 Å². The highest BCUT2D eigenvalue weighted by Crippen LogP contribution is 2.41. The summed E-state index contributed by atoms with van der Waals surface area (Å²) in [5, 5.41) is 0.561. The third-order valence-electron chi connectivity index (χ3n) is 5.25. The molecule has 6 nitrogen and oxygen atoms in total. The van der Waals surface area contributed by atoms with Crippen LogP contribution in [0, 0.1) is 5.92 Å². The Morgan fingerprint density at radius 3 is 2.41 bits per heavy atom. The Labute approximate surface area is 165 Å². The zero-order valence-electron chi connectivity index (χ0n) is 16.3. The van der Waals surface area contributed by atoms with Gasteiger partial charge in [-0.25, -0.2) is 8.42 Å². The van der Waals surface area contributed by atoms with E-state index in [4.69, 9.17) is 0 Å². The van der Waals surface area contributed by atoms with Crippen molar-refractivity contribution in [3.63, 3.8) is 0 Å². The highest BCUT2D eigenvalue weighted by Gasteiger charge is 2.49. The van der Waals surface area contributed by atoms with Gasteiger partial charge in [-0.2, -0.15) is 4.99 Å². The van der Waals surface area contributed by atoms with Crippen molar-refractivity contribution in [3.05, 3.63) is 24.3 Å². The van der Waals surface area contributed by atoms with Gasteiger partial charge in [-0.3, -0.25) is 4.79 Å². The predicted octanol–water partition coefficient (Wildman–Crippen LogP) is 2.79. The van der Waals surface area contributed by atoms with Gasteiger partial charge in [0.15, 0.2) is 15.0 Å². The van der Waals surface area contributed by atoms with Gasteiger partial charge in [0.1, 0.15) is 0 Å². The van der Waals surface area contributed by atoms with Crippen LogP contribution in [0.25, 0.3) is 0 Å². The molecule has 0 unspecified atom stereocenters. The van der Waals surface area contributed by atoms with Gasteiger partial charge in [-0.1, -0.05) is 25.6 Å². The number of fused-ring (bicyclic) bond motifs is 1. The normalized spacial score (nSPS) is 25.2. The molecule has 0 bridgehead atoms. The molecular formula is C19H27N3O3S2. The van der Waals surface area contributed by atoms with E-state index in [-0.39, 0.29) is 34.6 Å². The highest BCUT2D eigenvalue weighted by molar-refractivity contribution is 8.16. The number of anilines is 2. The second-order valence-electron chi connectivity index (χ2n) is 7.33. The minimum absolute atomic E-state index is 0.0724. The third-order valence-corrected chi connectivity index (χ3v) is 8.46. The summed E-state index contributed by atoms with van der Waals surface area (Å²) in [4.78, 5) is 21.0. The first-order valence-corrected chi connectivity index (χ1v) is 12.0. The number of hydrogen-bond acceptors (Lipinski definition) is 5. The van der Waals surface area contributed by atoms with Crippen molar-refractivity contribution in [2.45, 2.75) is 38.0 Å². The van der Waals surface area contributed by atoms with Crippen LogP contribution in [0.4, 0.5) is 11.4 Å². The highest BCUT2D eigenvalue weighted by atomic mass is 32.2. The molecule has 27 heavy (non-hydrogen) atoms. The van der Waals surface area contributed by atoms with Crippen LogP contribution in [0.15, 0.2) is 29.3 Å². The van der Waals surface area contributed by atoms with Crippen molar-refractivity contribution in [2.75, 3.05) is 35.4 Å². The second kappa shape index (κ2) is 7.83. The average molecular weight is 410 g/mol. The smallest absolute Gasteiger partial charge is 0.251 e. The van der Waals surface area contributed by atoms with Crippen LogP contribution in [0.3, 0.4) is 0 Å². The van der Waals surface area contributed by atoms with Gasteiger partial charge in [0.05, 0.1) is 17.5 Å². The van der Waals surface area contributed by atoms with E-state index in [0.717, 1.165) is 24.2 Å². The summed E-state index contributed by atoms with van der Waals surface area (Å²) in [6.45, 7) is 3.99. The molecule has 0 saturated carbocycles. The quantitative estimate of drug-likeness (QED) is 0.745. The number of rotatable bonds is 5. The van der Waals surface area contributed by atoms with E-state index in [0.29, 0.717) is 5.17 Å². The van der Waals surface area contributed by atoms with Crippen molar-refractivity contribution in [1.82, 2.24) is 0 Å². The Morgan fingerprint density at radius 2 is 1.85 bits per heavy atom. The zero-order valence-corrected chi connectivity index (χ0v) is 17.9. The van der Waals surface area contributed by atoms with Gasteiger partial charge in [0.2, 0.25) is 0 Å². The third kappa shape index (κ3) is 4.16. The molecule has 3 rings (SSSR count). The molecule has 2 fully saturated rings. The topological polar surface area (TPSA) is 70.0 Å². The van der Waals surface area contributed by atoms with Crippen molar-refractivity contribution >= 4 is 44.0 Å². The van der Waals surface area contributed by atoms with Crippen LogP contribution >= 0.6 is 11.8 Å². The van der Waals surface area contributed by atoms with E-state index in [1.807, 2.05) is 62.0 Å². The lowest BCUT2D eigenvalue weighted by atomic mass is 10.0. The number of carbonyl (C=O) groups is 1. The molecule has 2 aliphatic heterocycles. The Morgan fingerprint density at radius 1 is 1.22 bits per heavy atom. The van der Waals surface area contributed by atoms with Crippen LogP contribution in [-0.2, 0) is 14.6 Å². The number of hydrogen-bond donors (Lipinski definition) is 0. The summed E-state index contributed by atoms with van der Waals surface area (Å²) in [7, 11) is 0.891. The molecule has 0 spiro atoms. The number of thioether (sulfide) groups is 1. The van der Waals surface area contributed by atoms with Crippen LogP contribution in [0.1, 0.15) is 26.7 Å². The number of nitrogens with zero attached hydrogens (tertiary/aromatic N) is 3. The molecule has 0 N–H and O–H groups in total. The molecule has 2 atom stereocenters. The first kappa shape index (κ1) is 20.2. The van der Waals surface area contributed by atoms with Gasteiger partial charge >= 0.3 is 0 Å². The molecule has 1 aromatic rings. The van der Waals surface area contributed by atoms with Gasteiger partial charge in [-0.05, 0) is 37.1 Å². The Hall–Kier alpha value is -1.54. The van der Waals surface area contributed by atoms with Crippen molar-refractivity contribution < 1.29 is 13.2 Å². The Kier molecular flexibility index (Phi) is 5.86. The lowest BCUT2D eigenvalue weighted by molar-refractivity contribution is -0.121. The maximum absolute atomic E-state index is 12.6. The zero-order chi connectivity index (χ0) is 19.8. The van der Waals surface area contributed by atoms with Gasteiger partial charge in [0.25, 0.3) is 5.91 Å². The molecule has 1 aromatic carbocycles. The number of amides is 1. The first-order chi connectivity index (χ1) is 12.8. The van der Waals surface area contributed by atoms with Gasteiger partial charge < -0.3 is 9.80 Å². The van der Waals surface area contributed by atoms with E-state index >= 15 is 0 Å². The fraction of sp³-hybridized carbons (Fsp3) is 0.579. The lowest BCUT2D eigenvalue weighted by Crippen LogP contribution is -2.38. The monoisotopic (exact) mass is 409 g/mol. The molecule has 8 heteroatoms. The number of amidine groups is 1. The molecule has 2 saturated heterocycles. The van der Waals surface area contributed by atoms with Crippen LogP contribution in [-0.4, -0.2) is 56.4 Å². The molecule has 0 aliphatic carbocycles. The fourth-order valence-corrected chi connectivity index (χ4v) is 7.52. The SMILES string of the molecule is CCC(CC)C(=O)N=C1S[C@H]2CS(=O)(=O)C[C@@H]2N1c1ccc(N(C)C)cc1. The minimum atomic E-state index is -3.06. The van der Waals surface area contributed by atoms with Crippen LogP contribution in [0.5, 0.6) is 0 Å². The maximum Gasteiger partial charge on any atom is 0.251 e. The van der Waals surface area contributed by atoms with Crippen molar-refractivity contribution in [3.8, 4) is 0 Å². The van der Waals surface area contributed by atoms with Crippen molar-refractivity contribution in [2.24, 2.45) is 10.9 Å². The Balaban J connectivity index is 1.96. The Bertz CT molecular complexity index is 830. The molecule has 2 aliphatic rings. The van der Waals surface area contributed by atoms with E-state index in [1.54, 1.807) is 0 Å². The van der Waals surface area contributed by atoms with E-state index < -0.39 is 9.84 Å². The molecule has 0 radical (unpaired) electrons. The minimum Gasteiger partial charge on any atom is -0.378 e. The molecule has 1 amide bonds. The summed E-state index contributed by atoms with van der Waals surface area (Å²) >= 11 is 1.43. The van der Waals surface area contributed by atoms with Crippen molar-refractivity contribution in [1.29, 1.82) is 0 Å². The maximum atomic E-state index is 12.6. The van der Waals surface area contributed by atoms with Crippen LogP contribution in [0.2, 0.25) is 0 Å². The number of aliphatic imine (C=N–C) groups is 1. The molecule has 2 heterocycles. The van der Waals surface area contributed by atoms with E-state index in [1.165, 1.54) is 11.8 Å². The summed E-state index contributed by atoms with van der Waals surface area (Å²) in [5.41, 5.74) is 1.95. The number of benzene rings is 1. The van der Waals surface area contributed by atoms with Crippen LogP contribution < -0.4 is 9.80 Å².